The highest BCUT2D eigenvalue weighted by atomic mass is 16.6. The Morgan fingerprint density at radius 2 is 1.39 bits per heavy atom. The highest BCUT2D eigenvalue weighted by Crippen LogP contribution is 2.29. The van der Waals surface area contributed by atoms with Crippen LogP contribution in [0.2, 0.25) is 0 Å². The maximum absolute atomic E-state index is 11.6. The largest absolute Gasteiger partial charge is 0.301 e. The summed E-state index contributed by atoms with van der Waals surface area (Å²) in [4.78, 5) is 21.3. The molecular weight excluding hydrogens is 460 g/mol. The van der Waals surface area contributed by atoms with Crippen LogP contribution in [-0.4, -0.2) is 19.6 Å². The van der Waals surface area contributed by atoms with Crippen LogP contribution in [0.3, 0.4) is 0 Å². The van der Waals surface area contributed by atoms with E-state index in [1.807, 2.05) is 84.9 Å². The lowest BCUT2D eigenvalue weighted by molar-refractivity contribution is -0.393. The zero-order valence-corrected chi connectivity index (χ0v) is 18.7. The van der Waals surface area contributed by atoms with Crippen LogP contribution in [0.4, 0.5) is 17.1 Å². The molecule has 0 saturated heterocycles. The van der Waals surface area contributed by atoms with Crippen molar-refractivity contribution in [2.75, 3.05) is 5.43 Å². The molecule has 10 nitrogen and oxygen atoms in total. The molecule has 36 heavy (non-hydrogen) atoms. The maximum Gasteiger partial charge on any atom is 0.301 e. The van der Waals surface area contributed by atoms with Gasteiger partial charge in [0.2, 0.25) is 0 Å². The highest BCUT2D eigenvalue weighted by Gasteiger charge is 2.20. The van der Waals surface area contributed by atoms with E-state index in [1.165, 1.54) is 12.1 Å². The molecule has 0 saturated carbocycles. The molecule has 1 aromatic heterocycles. The van der Waals surface area contributed by atoms with E-state index in [0.717, 1.165) is 33.8 Å². The fourth-order valence-electron chi connectivity index (χ4n) is 3.86. The molecule has 0 radical (unpaired) electrons. The van der Waals surface area contributed by atoms with E-state index in [1.54, 1.807) is 4.68 Å². The number of non-ortho nitro benzene ring substituents is 1. The molecule has 0 aliphatic rings. The second kappa shape index (κ2) is 9.47. The maximum atomic E-state index is 11.6. The van der Waals surface area contributed by atoms with Gasteiger partial charge in [-0.2, -0.15) is 10.2 Å². The summed E-state index contributed by atoms with van der Waals surface area (Å²) in [5.74, 6) is 0. The Labute approximate surface area is 204 Å². The minimum absolute atomic E-state index is 0.0152. The van der Waals surface area contributed by atoms with Crippen molar-refractivity contribution in [3.05, 3.63) is 129 Å². The van der Waals surface area contributed by atoms with Gasteiger partial charge in [0.25, 0.3) is 5.69 Å². The number of fused-ring (bicyclic) bond motifs is 1. The Bertz CT molecular complexity index is 1670. The van der Waals surface area contributed by atoms with Crippen LogP contribution in [0.5, 0.6) is 0 Å². The first-order chi connectivity index (χ1) is 17.5. The second-order valence-electron chi connectivity index (χ2n) is 7.77. The van der Waals surface area contributed by atoms with E-state index in [4.69, 9.17) is 5.10 Å². The van der Waals surface area contributed by atoms with Crippen LogP contribution in [0.25, 0.3) is 27.7 Å². The summed E-state index contributed by atoms with van der Waals surface area (Å²) in [7, 11) is 0. The number of rotatable bonds is 6. The lowest BCUT2D eigenvalue weighted by Crippen LogP contribution is -2.25. The summed E-state index contributed by atoms with van der Waals surface area (Å²) in [6.07, 6.45) is 0. The fraction of sp³-hybridized carbons (Fsp3) is 0. The predicted molar refractivity (Wildman–Crippen MR) is 135 cm³/mol. The van der Waals surface area contributed by atoms with Crippen LogP contribution in [0, 0.1) is 20.2 Å². The zero-order chi connectivity index (χ0) is 25.1. The van der Waals surface area contributed by atoms with Gasteiger partial charge in [0.05, 0.1) is 27.3 Å². The van der Waals surface area contributed by atoms with Crippen molar-refractivity contribution in [1.29, 1.82) is 0 Å². The molecule has 0 fully saturated rings. The molecule has 0 aliphatic heterocycles. The summed E-state index contributed by atoms with van der Waals surface area (Å²) in [6.45, 7) is 0. The Morgan fingerprint density at radius 3 is 2.06 bits per heavy atom. The summed E-state index contributed by atoms with van der Waals surface area (Å²) >= 11 is 0. The van der Waals surface area contributed by atoms with Gasteiger partial charge in [-0.25, -0.2) is 4.68 Å². The van der Waals surface area contributed by atoms with Crippen LogP contribution in [0.1, 0.15) is 0 Å². The number of aromatic nitrogens is 2. The molecule has 1 N–H and O–H groups in total. The number of nitro groups is 2. The van der Waals surface area contributed by atoms with Gasteiger partial charge in [0.15, 0.2) is 5.49 Å². The molecule has 0 bridgehead atoms. The third-order valence-electron chi connectivity index (χ3n) is 5.54. The third-order valence-corrected chi connectivity index (χ3v) is 5.54. The van der Waals surface area contributed by atoms with Crippen LogP contribution in [0.15, 0.2) is 108 Å². The molecule has 10 heteroatoms. The smallest absolute Gasteiger partial charge is 0.270 e. The Kier molecular flexibility index (Phi) is 5.90. The summed E-state index contributed by atoms with van der Waals surface area (Å²) in [6, 6.07) is 30.1. The first-order valence-electron chi connectivity index (χ1n) is 10.9. The summed E-state index contributed by atoms with van der Waals surface area (Å²) < 4.78 is 1.66. The lowest BCUT2D eigenvalue weighted by atomic mass is 10.0. The van der Waals surface area contributed by atoms with E-state index >= 15 is 0 Å². The van der Waals surface area contributed by atoms with Crippen LogP contribution < -0.4 is 10.9 Å². The lowest BCUT2D eigenvalue weighted by Gasteiger charge is -2.14. The fourth-order valence-corrected chi connectivity index (χ4v) is 3.86. The van der Waals surface area contributed by atoms with E-state index in [2.05, 4.69) is 10.5 Å². The molecule has 1 heterocycles. The molecule has 0 spiro atoms. The topological polar surface area (TPSA) is 128 Å². The van der Waals surface area contributed by atoms with Gasteiger partial charge >= 0.3 is 5.69 Å². The second-order valence-corrected chi connectivity index (χ2v) is 7.77. The molecule has 0 aliphatic carbocycles. The number of hydrogen-bond acceptors (Lipinski definition) is 7. The SMILES string of the molecule is O=[N+]([O-])c1ccc(N/N=c2\c3ccccc3c(-c3ccccc3)nn2-c2ccccc2)c([N+](=O)[O-])c1. The minimum atomic E-state index is -0.690. The van der Waals surface area contributed by atoms with Gasteiger partial charge < -0.3 is 0 Å². The Balaban J connectivity index is 1.77. The third kappa shape index (κ3) is 4.26. The number of para-hydroxylation sites is 1. The normalized spacial score (nSPS) is 11.4. The number of anilines is 1. The van der Waals surface area contributed by atoms with Crippen molar-refractivity contribution in [2.24, 2.45) is 5.10 Å². The minimum Gasteiger partial charge on any atom is -0.270 e. The standard InChI is InChI=1S/C26H18N6O4/c33-31(34)20-15-16-23(24(17-20)32(35)36)27-28-26-22-14-8-7-13-21(22)25(18-9-3-1-4-10-18)29-30(26)19-11-5-2-6-12-19/h1-17,27H/b28-26+. The van der Waals surface area contributed by atoms with Crippen molar-refractivity contribution in [3.63, 3.8) is 0 Å². The molecule has 0 atom stereocenters. The van der Waals surface area contributed by atoms with Crippen molar-refractivity contribution < 1.29 is 9.85 Å². The Hall–Kier alpha value is -5.38. The van der Waals surface area contributed by atoms with Crippen molar-refractivity contribution in [3.8, 4) is 16.9 Å². The van der Waals surface area contributed by atoms with Gasteiger partial charge in [0, 0.05) is 22.4 Å². The van der Waals surface area contributed by atoms with Gasteiger partial charge in [-0.1, -0.05) is 72.8 Å². The van der Waals surface area contributed by atoms with Crippen LogP contribution in [-0.2, 0) is 0 Å². The number of nitrogens with zero attached hydrogens (tertiary/aromatic N) is 5. The van der Waals surface area contributed by atoms with Gasteiger partial charge in [-0.15, -0.1) is 0 Å². The van der Waals surface area contributed by atoms with Gasteiger partial charge in [-0.05, 0) is 18.2 Å². The van der Waals surface area contributed by atoms with Crippen LogP contribution >= 0.6 is 0 Å². The average Bonchev–Trinajstić information content (AvgIpc) is 2.92. The van der Waals surface area contributed by atoms with E-state index < -0.39 is 15.5 Å². The molecule has 5 rings (SSSR count). The predicted octanol–water partition coefficient (Wildman–Crippen LogP) is 5.44. The van der Waals surface area contributed by atoms with Crippen molar-refractivity contribution >= 4 is 27.8 Å². The summed E-state index contributed by atoms with van der Waals surface area (Å²) in [5, 5.41) is 33.7. The quantitative estimate of drug-likeness (QED) is 0.256. The van der Waals surface area contributed by atoms with E-state index in [0.29, 0.717) is 5.49 Å². The highest BCUT2D eigenvalue weighted by molar-refractivity contribution is 5.93. The first kappa shape index (κ1) is 22.4. The monoisotopic (exact) mass is 478 g/mol. The van der Waals surface area contributed by atoms with Gasteiger partial charge in [-0.3, -0.25) is 25.7 Å². The van der Waals surface area contributed by atoms with Crippen molar-refractivity contribution in [2.45, 2.75) is 0 Å². The van der Waals surface area contributed by atoms with E-state index in [9.17, 15) is 20.2 Å². The average molecular weight is 478 g/mol. The first-order valence-corrected chi connectivity index (χ1v) is 10.9. The molecule has 0 amide bonds. The number of benzene rings is 4. The number of nitrogens with one attached hydrogen (secondary N) is 1. The summed E-state index contributed by atoms with van der Waals surface area (Å²) in [5.41, 5.74) is 4.72. The van der Waals surface area contributed by atoms with Crippen molar-refractivity contribution in [1.82, 2.24) is 9.78 Å². The Morgan fingerprint density at radius 1 is 0.750 bits per heavy atom. The molecule has 4 aromatic carbocycles. The zero-order valence-electron chi connectivity index (χ0n) is 18.7. The molecule has 5 aromatic rings. The number of hydrogen-bond donors (Lipinski definition) is 1. The van der Waals surface area contributed by atoms with Gasteiger partial charge in [0.1, 0.15) is 5.69 Å². The number of nitro benzene ring substituents is 2. The molecule has 176 valence electrons. The molecular formula is C26H18N6O4. The molecule has 0 unspecified atom stereocenters. The van der Waals surface area contributed by atoms with E-state index in [-0.39, 0.29) is 11.4 Å².